The van der Waals surface area contributed by atoms with Gasteiger partial charge in [-0.15, -0.1) is 23.1 Å². The maximum absolute atomic E-state index is 13.4. The summed E-state index contributed by atoms with van der Waals surface area (Å²) in [4.78, 5) is 15.1. The van der Waals surface area contributed by atoms with E-state index >= 15 is 0 Å². The number of fused-ring (bicyclic) bond motifs is 1. The van der Waals surface area contributed by atoms with Crippen molar-refractivity contribution in [2.75, 3.05) is 5.75 Å². The van der Waals surface area contributed by atoms with E-state index in [1.54, 1.807) is 17.8 Å². The first-order valence-electron chi connectivity index (χ1n) is 6.43. The molecule has 3 rings (SSSR count). The first-order chi connectivity index (χ1) is 9.63. The van der Waals surface area contributed by atoms with E-state index in [0.717, 1.165) is 27.5 Å². The molecule has 0 fully saturated rings. The van der Waals surface area contributed by atoms with Gasteiger partial charge in [0.2, 0.25) is 0 Å². The summed E-state index contributed by atoms with van der Waals surface area (Å²) in [5.41, 5.74) is 0.892. The number of amides is 1. The molecular weight excluding hydrogens is 293 g/mol. The van der Waals surface area contributed by atoms with Gasteiger partial charge in [-0.1, -0.05) is 0 Å². The molecular formula is C15H14FNOS2. The normalized spacial score (nSPS) is 17.6. The molecule has 1 atom stereocenters. The summed E-state index contributed by atoms with van der Waals surface area (Å²) in [5.74, 6) is 0.611. The summed E-state index contributed by atoms with van der Waals surface area (Å²) in [6, 6.07) is 8.47. The van der Waals surface area contributed by atoms with E-state index in [-0.39, 0.29) is 17.8 Å². The van der Waals surface area contributed by atoms with Gasteiger partial charge in [-0.05, 0) is 49.2 Å². The Kier molecular flexibility index (Phi) is 3.81. The fourth-order valence-corrected chi connectivity index (χ4v) is 4.18. The summed E-state index contributed by atoms with van der Waals surface area (Å²) in [5, 5.41) is 3.02. The quantitative estimate of drug-likeness (QED) is 0.902. The fraction of sp³-hybridized carbons (Fsp3) is 0.267. The number of aryl methyl sites for hydroxylation is 1. The molecule has 104 valence electrons. The summed E-state index contributed by atoms with van der Waals surface area (Å²) in [7, 11) is 0. The van der Waals surface area contributed by atoms with E-state index in [1.165, 1.54) is 23.5 Å². The van der Waals surface area contributed by atoms with Gasteiger partial charge in [0, 0.05) is 15.5 Å². The Bertz CT molecular complexity index is 653. The number of hydrogen-bond donors (Lipinski definition) is 1. The molecule has 1 aliphatic heterocycles. The van der Waals surface area contributed by atoms with Crippen molar-refractivity contribution in [1.29, 1.82) is 0 Å². The van der Waals surface area contributed by atoms with Crippen molar-refractivity contribution < 1.29 is 9.18 Å². The third-order valence-electron chi connectivity index (χ3n) is 3.28. The molecule has 1 aromatic heterocycles. The lowest BCUT2D eigenvalue weighted by atomic mass is 10.0. The molecule has 2 heterocycles. The van der Waals surface area contributed by atoms with Crippen LogP contribution in [0, 0.1) is 12.7 Å². The second-order valence-electron chi connectivity index (χ2n) is 4.76. The standard InChI is InChI=1S/C15H14FNOS2/c1-9-2-4-14(20-9)15(18)17-12-6-7-19-13-5-3-10(16)8-11(12)13/h2-5,8,12H,6-7H2,1H3,(H,17,18)/t12-/m0/s1. The Morgan fingerprint density at radius 2 is 2.20 bits per heavy atom. The van der Waals surface area contributed by atoms with Crippen LogP contribution in [0.1, 0.15) is 32.6 Å². The molecule has 0 saturated carbocycles. The van der Waals surface area contributed by atoms with Crippen LogP contribution < -0.4 is 5.32 Å². The molecule has 20 heavy (non-hydrogen) atoms. The number of nitrogens with one attached hydrogen (secondary N) is 1. The lowest BCUT2D eigenvalue weighted by Crippen LogP contribution is -2.30. The number of carbonyl (C=O) groups is 1. The van der Waals surface area contributed by atoms with Crippen LogP contribution in [0.15, 0.2) is 35.2 Å². The third kappa shape index (κ3) is 2.74. The van der Waals surface area contributed by atoms with Crippen molar-refractivity contribution in [3.8, 4) is 0 Å². The minimum absolute atomic E-state index is 0.0739. The average Bonchev–Trinajstić information content (AvgIpc) is 2.86. The van der Waals surface area contributed by atoms with Crippen LogP contribution in [0.2, 0.25) is 0 Å². The number of hydrogen-bond acceptors (Lipinski definition) is 3. The van der Waals surface area contributed by atoms with Crippen molar-refractivity contribution in [1.82, 2.24) is 5.32 Å². The van der Waals surface area contributed by atoms with Crippen molar-refractivity contribution in [2.24, 2.45) is 0 Å². The van der Waals surface area contributed by atoms with E-state index in [1.807, 2.05) is 19.1 Å². The largest absolute Gasteiger partial charge is 0.344 e. The van der Waals surface area contributed by atoms with Crippen LogP contribution in [-0.4, -0.2) is 11.7 Å². The van der Waals surface area contributed by atoms with Gasteiger partial charge in [-0.2, -0.15) is 0 Å². The first kappa shape index (κ1) is 13.6. The summed E-state index contributed by atoms with van der Waals surface area (Å²) in [6.07, 6.45) is 0.831. The van der Waals surface area contributed by atoms with E-state index < -0.39 is 0 Å². The fourth-order valence-electron chi connectivity index (χ4n) is 2.30. The summed E-state index contributed by atoms with van der Waals surface area (Å²) < 4.78 is 13.4. The van der Waals surface area contributed by atoms with E-state index in [9.17, 15) is 9.18 Å². The SMILES string of the molecule is Cc1ccc(C(=O)N[C@H]2CCSc3ccc(F)cc32)s1. The molecule has 0 aliphatic carbocycles. The molecule has 0 spiro atoms. The number of rotatable bonds is 2. The van der Waals surface area contributed by atoms with Crippen molar-refractivity contribution in [3.05, 3.63) is 51.5 Å². The lowest BCUT2D eigenvalue weighted by Gasteiger charge is -2.25. The van der Waals surface area contributed by atoms with E-state index in [4.69, 9.17) is 0 Å². The van der Waals surface area contributed by atoms with E-state index in [0.29, 0.717) is 4.88 Å². The van der Waals surface area contributed by atoms with Gasteiger partial charge < -0.3 is 5.32 Å². The molecule has 1 aromatic carbocycles. The number of thiophene rings is 1. The Morgan fingerprint density at radius 1 is 1.35 bits per heavy atom. The van der Waals surface area contributed by atoms with Gasteiger partial charge in [0.15, 0.2) is 0 Å². The zero-order chi connectivity index (χ0) is 14.1. The van der Waals surface area contributed by atoms with Crippen LogP contribution in [0.4, 0.5) is 4.39 Å². The maximum Gasteiger partial charge on any atom is 0.261 e. The lowest BCUT2D eigenvalue weighted by molar-refractivity contribution is 0.0939. The highest BCUT2D eigenvalue weighted by Gasteiger charge is 2.23. The van der Waals surface area contributed by atoms with Gasteiger partial charge in [-0.25, -0.2) is 4.39 Å². The highest BCUT2D eigenvalue weighted by Crippen LogP contribution is 2.36. The Labute approximate surface area is 125 Å². The van der Waals surface area contributed by atoms with Crippen LogP contribution in [-0.2, 0) is 0 Å². The molecule has 0 saturated heterocycles. The molecule has 0 radical (unpaired) electrons. The predicted molar refractivity (Wildman–Crippen MR) is 81.0 cm³/mol. The topological polar surface area (TPSA) is 29.1 Å². The van der Waals surface area contributed by atoms with Crippen molar-refractivity contribution >= 4 is 29.0 Å². The molecule has 1 N–H and O–H groups in total. The van der Waals surface area contributed by atoms with Crippen LogP contribution in [0.5, 0.6) is 0 Å². The zero-order valence-electron chi connectivity index (χ0n) is 11.0. The predicted octanol–water partition coefficient (Wildman–Crippen LogP) is 4.16. The van der Waals surface area contributed by atoms with Crippen LogP contribution >= 0.6 is 23.1 Å². The van der Waals surface area contributed by atoms with Gasteiger partial charge in [0.1, 0.15) is 5.82 Å². The minimum atomic E-state index is -0.252. The Morgan fingerprint density at radius 3 is 2.95 bits per heavy atom. The highest BCUT2D eigenvalue weighted by molar-refractivity contribution is 7.99. The Balaban J connectivity index is 1.82. The van der Waals surface area contributed by atoms with Crippen LogP contribution in [0.25, 0.3) is 0 Å². The van der Waals surface area contributed by atoms with Gasteiger partial charge in [0.25, 0.3) is 5.91 Å². The number of benzene rings is 1. The molecule has 2 aromatic rings. The number of carbonyl (C=O) groups excluding carboxylic acids is 1. The number of thioether (sulfide) groups is 1. The van der Waals surface area contributed by atoms with E-state index in [2.05, 4.69) is 5.32 Å². The molecule has 5 heteroatoms. The van der Waals surface area contributed by atoms with Gasteiger partial charge >= 0.3 is 0 Å². The minimum Gasteiger partial charge on any atom is -0.344 e. The zero-order valence-corrected chi connectivity index (χ0v) is 12.6. The van der Waals surface area contributed by atoms with Gasteiger partial charge in [-0.3, -0.25) is 4.79 Å². The molecule has 0 bridgehead atoms. The monoisotopic (exact) mass is 307 g/mol. The second-order valence-corrected chi connectivity index (χ2v) is 7.18. The molecule has 1 aliphatic rings. The second kappa shape index (κ2) is 5.58. The third-order valence-corrected chi connectivity index (χ3v) is 5.40. The molecule has 1 amide bonds. The van der Waals surface area contributed by atoms with Crippen LogP contribution in [0.3, 0.4) is 0 Å². The summed E-state index contributed by atoms with van der Waals surface area (Å²) >= 11 is 3.19. The molecule has 0 unspecified atom stereocenters. The number of halogens is 1. The van der Waals surface area contributed by atoms with Gasteiger partial charge in [0.05, 0.1) is 10.9 Å². The maximum atomic E-state index is 13.4. The highest BCUT2D eigenvalue weighted by atomic mass is 32.2. The average molecular weight is 307 g/mol. The smallest absolute Gasteiger partial charge is 0.261 e. The van der Waals surface area contributed by atoms with Crippen molar-refractivity contribution in [2.45, 2.75) is 24.3 Å². The Hall–Kier alpha value is -1.33. The summed E-state index contributed by atoms with van der Waals surface area (Å²) in [6.45, 7) is 1.98. The van der Waals surface area contributed by atoms with Crippen molar-refractivity contribution in [3.63, 3.8) is 0 Å². The molecule has 2 nitrogen and oxygen atoms in total. The first-order valence-corrected chi connectivity index (χ1v) is 8.23.